The van der Waals surface area contributed by atoms with E-state index in [4.69, 9.17) is 4.42 Å². The number of halogens is 4. The smallest absolute Gasteiger partial charge is 0.389 e. The largest absolute Gasteiger partial charge is 0.424 e. The van der Waals surface area contributed by atoms with Crippen molar-refractivity contribution in [2.75, 3.05) is 6.54 Å². The van der Waals surface area contributed by atoms with Crippen LogP contribution in [0.2, 0.25) is 0 Å². The van der Waals surface area contributed by atoms with Crippen LogP contribution < -0.4 is 5.32 Å². The number of aryl methyl sites for hydroxylation is 1. The van der Waals surface area contributed by atoms with Crippen LogP contribution in [0.5, 0.6) is 0 Å². The maximum Gasteiger partial charge on any atom is 0.389 e. The van der Waals surface area contributed by atoms with Crippen LogP contribution in [0.3, 0.4) is 0 Å². The summed E-state index contributed by atoms with van der Waals surface area (Å²) in [6, 6.07) is -0.330. The summed E-state index contributed by atoms with van der Waals surface area (Å²) < 4.78 is 53.9. The fourth-order valence-corrected chi connectivity index (χ4v) is 1.83. The molecule has 1 saturated heterocycles. The van der Waals surface area contributed by atoms with Gasteiger partial charge in [0.05, 0.1) is 6.04 Å². The normalized spacial score (nSPS) is 24.7. The molecule has 8 heteroatoms. The van der Waals surface area contributed by atoms with E-state index in [1.54, 1.807) is 0 Å². The topological polar surface area (TPSA) is 51.0 Å². The quantitative estimate of drug-likeness (QED) is 0.851. The van der Waals surface area contributed by atoms with Crippen LogP contribution in [-0.4, -0.2) is 29.1 Å². The standard InChI is InChI=1S/C10H13F4N3O/c11-6-4-7(15-5-6)9-17-16-8(18-9)2-1-3-10(12,13)14/h6-7,15H,1-5H2/t6-,7+/m1/s1. The second-order valence-electron chi connectivity index (χ2n) is 4.30. The highest BCUT2D eigenvalue weighted by atomic mass is 19.4. The Hall–Kier alpha value is -1.18. The first-order valence-electron chi connectivity index (χ1n) is 5.70. The van der Waals surface area contributed by atoms with Gasteiger partial charge in [0.15, 0.2) is 0 Å². The number of nitrogens with zero attached hydrogens (tertiary/aromatic N) is 2. The Kier molecular flexibility index (Phi) is 3.84. The zero-order valence-electron chi connectivity index (χ0n) is 9.50. The molecular formula is C10H13F4N3O. The van der Waals surface area contributed by atoms with E-state index in [1.165, 1.54) is 0 Å². The fraction of sp³-hybridized carbons (Fsp3) is 0.800. The van der Waals surface area contributed by atoms with E-state index in [1.807, 2.05) is 0 Å². The first-order valence-corrected chi connectivity index (χ1v) is 5.70. The van der Waals surface area contributed by atoms with Gasteiger partial charge in [0.25, 0.3) is 0 Å². The van der Waals surface area contributed by atoms with Crippen molar-refractivity contribution in [2.24, 2.45) is 0 Å². The Bertz CT molecular complexity index is 393. The Labute approximate surface area is 101 Å². The molecule has 0 bridgehead atoms. The van der Waals surface area contributed by atoms with Crippen LogP contribution in [0.15, 0.2) is 4.42 Å². The molecule has 0 unspecified atom stereocenters. The van der Waals surface area contributed by atoms with Gasteiger partial charge < -0.3 is 9.73 Å². The summed E-state index contributed by atoms with van der Waals surface area (Å²) in [6.45, 7) is 0.233. The Balaban J connectivity index is 1.83. The number of hydrogen-bond acceptors (Lipinski definition) is 4. The summed E-state index contributed by atoms with van der Waals surface area (Å²) in [7, 11) is 0. The molecule has 2 rings (SSSR count). The van der Waals surface area contributed by atoms with Crippen molar-refractivity contribution in [3.63, 3.8) is 0 Å². The van der Waals surface area contributed by atoms with Crippen LogP contribution in [0.1, 0.15) is 37.1 Å². The summed E-state index contributed by atoms with van der Waals surface area (Å²) in [5.41, 5.74) is 0. The maximum absolute atomic E-state index is 12.9. The molecule has 1 N–H and O–H groups in total. The first-order chi connectivity index (χ1) is 8.44. The summed E-state index contributed by atoms with van der Waals surface area (Å²) in [5, 5.41) is 10.2. The predicted octanol–water partition coefficient (Wildman–Crippen LogP) is 2.33. The third-order valence-electron chi connectivity index (χ3n) is 2.71. The molecule has 2 heterocycles. The van der Waals surface area contributed by atoms with Crippen LogP contribution in [0.4, 0.5) is 17.6 Å². The average molecular weight is 267 g/mol. The van der Waals surface area contributed by atoms with E-state index in [-0.39, 0.29) is 43.6 Å². The van der Waals surface area contributed by atoms with Crippen molar-refractivity contribution in [1.82, 2.24) is 15.5 Å². The summed E-state index contributed by atoms with van der Waals surface area (Å²) in [6.07, 6.45) is -5.75. The Morgan fingerprint density at radius 1 is 1.33 bits per heavy atom. The van der Waals surface area contributed by atoms with Crippen molar-refractivity contribution in [1.29, 1.82) is 0 Å². The Morgan fingerprint density at radius 3 is 2.72 bits per heavy atom. The van der Waals surface area contributed by atoms with E-state index in [9.17, 15) is 17.6 Å². The molecule has 0 aliphatic carbocycles. The lowest BCUT2D eigenvalue weighted by atomic mass is 10.2. The summed E-state index contributed by atoms with van der Waals surface area (Å²) in [5.74, 6) is 0.413. The monoisotopic (exact) mass is 267 g/mol. The van der Waals surface area contributed by atoms with Crippen molar-refractivity contribution in [2.45, 2.75) is 44.1 Å². The van der Waals surface area contributed by atoms with E-state index < -0.39 is 18.8 Å². The highest BCUT2D eigenvalue weighted by Gasteiger charge is 2.29. The molecule has 1 fully saturated rings. The molecule has 0 spiro atoms. The van der Waals surface area contributed by atoms with Crippen LogP contribution >= 0.6 is 0 Å². The van der Waals surface area contributed by atoms with Gasteiger partial charge >= 0.3 is 6.18 Å². The minimum absolute atomic E-state index is 0.0816. The zero-order valence-corrected chi connectivity index (χ0v) is 9.50. The van der Waals surface area contributed by atoms with Gasteiger partial charge in [-0.2, -0.15) is 13.2 Å². The van der Waals surface area contributed by atoms with Crippen LogP contribution in [0, 0.1) is 0 Å². The van der Waals surface area contributed by atoms with Gasteiger partial charge in [-0.15, -0.1) is 10.2 Å². The number of alkyl halides is 4. The second-order valence-corrected chi connectivity index (χ2v) is 4.30. The van der Waals surface area contributed by atoms with Gasteiger partial charge in [0, 0.05) is 25.8 Å². The molecule has 1 aromatic heterocycles. The molecule has 1 aliphatic rings. The third kappa shape index (κ3) is 3.66. The van der Waals surface area contributed by atoms with Crippen molar-refractivity contribution >= 4 is 0 Å². The lowest BCUT2D eigenvalue weighted by Crippen LogP contribution is -2.14. The Morgan fingerprint density at radius 2 is 2.11 bits per heavy atom. The van der Waals surface area contributed by atoms with Crippen molar-refractivity contribution in [3.05, 3.63) is 11.8 Å². The molecule has 1 aliphatic heterocycles. The van der Waals surface area contributed by atoms with Gasteiger partial charge in [-0.3, -0.25) is 0 Å². The van der Waals surface area contributed by atoms with E-state index in [0.717, 1.165) is 0 Å². The molecule has 0 radical (unpaired) electrons. The lowest BCUT2D eigenvalue weighted by Gasteiger charge is -2.04. The van der Waals surface area contributed by atoms with Crippen LogP contribution in [0.25, 0.3) is 0 Å². The van der Waals surface area contributed by atoms with Gasteiger partial charge in [-0.25, -0.2) is 4.39 Å². The van der Waals surface area contributed by atoms with Crippen molar-refractivity contribution < 1.29 is 22.0 Å². The van der Waals surface area contributed by atoms with Gasteiger partial charge in [0.2, 0.25) is 11.8 Å². The highest BCUT2D eigenvalue weighted by Crippen LogP contribution is 2.25. The molecule has 4 nitrogen and oxygen atoms in total. The molecule has 2 atom stereocenters. The second kappa shape index (κ2) is 5.21. The SMILES string of the molecule is F[C@H]1CN[C@H](c2nnc(CCCC(F)(F)F)o2)C1. The first kappa shape index (κ1) is 13.3. The summed E-state index contributed by atoms with van der Waals surface area (Å²) >= 11 is 0. The molecule has 0 saturated carbocycles. The number of nitrogens with one attached hydrogen (secondary N) is 1. The molecular weight excluding hydrogens is 254 g/mol. The van der Waals surface area contributed by atoms with Crippen molar-refractivity contribution in [3.8, 4) is 0 Å². The predicted molar refractivity (Wildman–Crippen MR) is 53.5 cm³/mol. The molecule has 1 aromatic rings. The minimum atomic E-state index is -4.17. The maximum atomic E-state index is 12.9. The fourth-order valence-electron chi connectivity index (χ4n) is 1.83. The molecule has 102 valence electrons. The van der Waals surface area contributed by atoms with Crippen LogP contribution in [-0.2, 0) is 6.42 Å². The van der Waals surface area contributed by atoms with Gasteiger partial charge in [-0.05, 0) is 6.42 Å². The van der Waals surface area contributed by atoms with E-state index in [0.29, 0.717) is 0 Å². The van der Waals surface area contributed by atoms with Gasteiger partial charge in [0.1, 0.15) is 6.17 Å². The highest BCUT2D eigenvalue weighted by molar-refractivity contribution is 4.95. The third-order valence-corrected chi connectivity index (χ3v) is 2.71. The number of hydrogen-bond donors (Lipinski definition) is 1. The molecule has 18 heavy (non-hydrogen) atoms. The average Bonchev–Trinajstić information content (AvgIpc) is 2.85. The lowest BCUT2D eigenvalue weighted by molar-refractivity contribution is -0.135. The minimum Gasteiger partial charge on any atom is -0.424 e. The number of rotatable bonds is 4. The van der Waals surface area contributed by atoms with E-state index >= 15 is 0 Å². The summed E-state index contributed by atoms with van der Waals surface area (Å²) in [4.78, 5) is 0. The molecule has 0 amide bonds. The molecule has 0 aromatic carbocycles. The number of aromatic nitrogens is 2. The van der Waals surface area contributed by atoms with E-state index in [2.05, 4.69) is 15.5 Å². The zero-order chi connectivity index (χ0) is 13.2. The van der Waals surface area contributed by atoms with Gasteiger partial charge in [-0.1, -0.05) is 0 Å².